The molecule has 0 aromatic heterocycles. The van der Waals surface area contributed by atoms with E-state index < -0.39 is 0 Å². The monoisotopic (exact) mass is 168 g/mol. The molecule has 0 aromatic carbocycles. The number of nitrogens with zero attached hydrogens (tertiary/aromatic N) is 2. The Bertz CT molecular complexity index is 144. The highest BCUT2D eigenvalue weighted by atomic mass is 14.8. The third-order valence-electron chi connectivity index (χ3n) is 1.51. The Morgan fingerprint density at radius 2 is 1.92 bits per heavy atom. The van der Waals surface area contributed by atoms with Crippen molar-refractivity contribution < 1.29 is 0 Å². The van der Waals surface area contributed by atoms with Gasteiger partial charge in [-0.2, -0.15) is 0 Å². The Labute approximate surface area is 75.8 Å². The van der Waals surface area contributed by atoms with E-state index in [4.69, 9.17) is 0 Å². The van der Waals surface area contributed by atoms with Crippen molar-refractivity contribution in [3.63, 3.8) is 0 Å². The van der Waals surface area contributed by atoms with E-state index in [0.29, 0.717) is 6.04 Å². The Kier molecular flexibility index (Phi) is 8.04. The summed E-state index contributed by atoms with van der Waals surface area (Å²) in [4.78, 5) is 8.09. The van der Waals surface area contributed by atoms with E-state index in [2.05, 4.69) is 22.9 Å². The summed E-state index contributed by atoms with van der Waals surface area (Å²) in [5, 5.41) is 0. The lowest BCUT2D eigenvalue weighted by atomic mass is 10.2. The molecular weight excluding hydrogens is 148 g/mol. The minimum Gasteiger partial charge on any atom is -0.226 e. The lowest BCUT2D eigenvalue weighted by Gasteiger charge is -1.92. The molecule has 0 radical (unpaired) electrons. The quantitative estimate of drug-likeness (QED) is 0.430. The van der Waals surface area contributed by atoms with Crippen LogP contribution in [0.3, 0.4) is 0 Å². The smallest absolute Gasteiger partial charge is 0.0895 e. The second kappa shape index (κ2) is 8.48. The van der Waals surface area contributed by atoms with Crippen molar-refractivity contribution in [2.24, 2.45) is 9.98 Å². The highest BCUT2D eigenvalue weighted by molar-refractivity contribution is 5.41. The molecule has 0 heterocycles. The van der Waals surface area contributed by atoms with Crippen LogP contribution in [0.2, 0.25) is 0 Å². The van der Waals surface area contributed by atoms with Gasteiger partial charge >= 0.3 is 0 Å². The first-order valence-electron chi connectivity index (χ1n) is 4.88. The maximum absolute atomic E-state index is 4.07. The molecule has 0 aromatic rings. The second-order valence-electron chi connectivity index (χ2n) is 3.27. The van der Waals surface area contributed by atoms with Gasteiger partial charge in [0, 0.05) is 6.54 Å². The first-order chi connectivity index (χ1) is 5.77. The summed E-state index contributed by atoms with van der Waals surface area (Å²) in [6.07, 6.45) is 5.05. The molecule has 0 aliphatic heterocycles. The van der Waals surface area contributed by atoms with Crippen molar-refractivity contribution in [2.75, 3.05) is 6.54 Å². The summed E-state index contributed by atoms with van der Waals surface area (Å²) in [6, 6.07) is 3.04. The third-order valence-corrected chi connectivity index (χ3v) is 1.51. The molecule has 0 rings (SSSR count). The molecule has 0 unspecified atom stereocenters. The average molecular weight is 168 g/mol. The number of rotatable bonds is 6. The van der Waals surface area contributed by atoms with E-state index >= 15 is 0 Å². The third kappa shape index (κ3) is 9.38. The zero-order chi connectivity index (χ0) is 9.23. The van der Waals surface area contributed by atoms with E-state index in [9.17, 15) is 0 Å². The maximum atomic E-state index is 4.07. The first kappa shape index (κ1) is 11.4. The van der Waals surface area contributed by atoms with Crippen molar-refractivity contribution in [2.45, 2.75) is 52.5 Å². The fourth-order valence-corrected chi connectivity index (χ4v) is 0.824. The molecule has 0 N–H and O–H groups in total. The van der Waals surface area contributed by atoms with E-state index in [1.54, 1.807) is 0 Å². The normalized spacial score (nSPS) is 9.67. The molecule has 0 spiro atoms. The van der Waals surface area contributed by atoms with Gasteiger partial charge in [-0.25, -0.2) is 9.98 Å². The van der Waals surface area contributed by atoms with Crippen LogP contribution in [0.5, 0.6) is 0 Å². The minimum atomic E-state index is 0.324. The van der Waals surface area contributed by atoms with E-state index in [1.165, 1.54) is 25.7 Å². The molecule has 2 nitrogen and oxygen atoms in total. The van der Waals surface area contributed by atoms with Gasteiger partial charge in [0.1, 0.15) is 0 Å². The zero-order valence-electron chi connectivity index (χ0n) is 8.51. The highest BCUT2D eigenvalue weighted by Crippen LogP contribution is 1.97. The Hall–Kier alpha value is -0.620. The van der Waals surface area contributed by atoms with Crippen molar-refractivity contribution >= 4 is 6.01 Å². The average Bonchev–Trinajstić information content (AvgIpc) is 2.02. The molecule has 0 aliphatic rings. The molecule has 2 heteroatoms. The van der Waals surface area contributed by atoms with Crippen LogP contribution < -0.4 is 0 Å². The fourth-order valence-electron chi connectivity index (χ4n) is 0.824. The van der Waals surface area contributed by atoms with Gasteiger partial charge in [0.15, 0.2) is 0 Å². The standard InChI is InChI=1S/C10H20N2/c1-4-5-6-7-8-11-9-12-10(2)3/h10H,4-8H2,1-3H3. The van der Waals surface area contributed by atoms with Crippen LogP contribution in [0.25, 0.3) is 0 Å². The molecule has 0 fully saturated rings. The molecular formula is C10H20N2. The van der Waals surface area contributed by atoms with E-state index in [1.807, 2.05) is 13.8 Å². The summed E-state index contributed by atoms with van der Waals surface area (Å²) in [7, 11) is 0. The molecule has 0 atom stereocenters. The van der Waals surface area contributed by atoms with Gasteiger partial charge in [-0.05, 0) is 20.3 Å². The summed E-state index contributed by atoms with van der Waals surface area (Å²) in [5.74, 6) is 0. The van der Waals surface area contributed by atoms with E-state index in [0.717, 1.165) is 6.54 Å². The molecule has 0 saturated carbocycles. The van der Waals surface area contributed by atoms with Crippen molar-refractivity contribution in [3.8, 4) is 0 Å². The lowest BCUT2D eigenvalue weighted by molar-refractivity contribution is 0.675. The largest absolute Gasteiger partial charge is 0.226 e. The first-order valence-corrected chi connectivity index (χ1v) is 4.88. The molecule has 0 saturated heterocycles. The summed E-state index contributed by atoms with van der Waals surface area (Å²) >= 11 is 0. The van der Waals surface area contributed by atoms with Crippen LogP contribution in [0, 0.1) is 0 Å². The van der Waals surface area contributed by atoms with Crippen molar-refractivity contribution in [3.05, 3.63) is 0 Å². The summed E-state index contributed by atoms with van der Waals surface area (Å²) < 4.78 is 0. The lowest BCUT2D eigenvalue weighted by Crippen LogP contribution is -1.86. The van der Waals surface area contributed by atoms with Crippen LogP contribution in [-0.4, -0.2) is 18.6 Å². The maximum Gasteiger partial charge on any atom is 0.0895 e. The van der Waals surface area contributed by atoms with Gasteiger partial charge in [0.05, 0.1) is 12.1 Å². The number of unbranched alkanes of at least 4 members (excludes halogenated alkanes) is 3. The number of hydrogen-bond acceptors (Lipinski definition) is 2. The van der Waals surface area contributed by atoms with Crippen LogP contribution in [-0.2, 0) is 0 Å². The van der Waals surface area contributed by atoms with Crippen LogP contribution >= 0.6 is 0 Å². The van der Waals surface area contributed by atoms with Gasteiger partial charge in [-0.1, -0.05) is 26.2 Å². The van der Waals surface area contributed by atoms with Crippen LogP contribution in [0.1, 0.15) is 46.5 Å². The summed E-state index contributed by atoms with van der Waals surface area (Å²) in [5.41, 5.74) is 0. The van der Waals surface area contributed by atoms with Crippen molar-refractivity contribution in [1.82, 2.24) is 0 Å². The number of hydrogen-bond donors (Lipinski definition) is 0. The van der Waals surface area contributed by atoms with Gasteiger partial charge < -0.3 is 0 Å². The van der Waals surface area contributed by atoms with Gasteiger partial charge in [0.25, 0.3) is 0 Å². The van der Waals surface area contributed by atoms with Gasteiger partial charge in [-0.15, -0.1) is 0 Å². The number of aliphatic imine (C=N–C) groups is 2. The topological polar surface area (TPSA) is 24.7 Å². The van der Waals surface area contributed by atoms with Crippen molar-refractivity contribution in [1.29, 1.82) is 0 Å². The zero-order valence-corrected chi connectivity index (χ0v) is 8.51. The molecule has 12 heavy (non-hydrogen) atoms. The molecule has 0 amide bonds. The Morgan fingerprint density at radius 1 is 1.17 bits per heavy atom. The second-order valence-corrected chi connectivity index (χ2v) is 3.27. The minimum absolute atomic E-state index is 0.324. The summed E-state index contributed by atoms with van der Waals surface area (Å²) in [6.45, 7) is 7.15. The van der Waals surface area contributed by atoms with Crippen LogP contribution in [0.15, 0.2) is 9.98 Å². The SMILES string of the molecule is CCCCCCN=C=NC(C)C. The van der Waals surface area contributed by atoms with Gasteiger partial charge in [0.2, 0.25) is 0 Å². The predicted molar refractivity (Wildman–Crippen MR) is 54.0 cm³/mol. The predicted octanol–water partition coefficient (Wildman–Crippen LogP) is 3.15. The molecule has 0 aliphatic carbocycles. The Morgan fingerprint density at radius 3 is 2.50 bits per heavy atom. The molecule has 70 valence electrons. The fraction of sp³-hybridized carbons (Fsp3) is 0.900. The van der Waals surface area contributed by atoms with E-state index in [-0.39, 0.29) is 0 Å². The highest BCUT2D eigenvalue weighted by Gasteiger charge is 1.84. The van der Waals surface area contributed by atoms with Crippen LogP contribution in [0.4, 0.5) is 0 Å². The van der Waals surface area contributed by atoms with Gasteiger partial charge in [-0.3, -0.25) is 0 Å². The Balaban J connectivity index is 3.24. The molecule has 0 bridgehead atoms.